The second-order valence-corrected chi connectivity index (χ2v) is 8.87. The third kappa shape index (κ3) is 5.95. The first-order valence-electron chi connectivity index (χ1n) is 10.9. The normalized spacial score (nSPS) is 29.0. The minimum Gasteiger partial charge on any atom is -0.359 e. The van der Waals surface area contributed by atoms with Gasteiger partial charge in [-0.2, -0.15) is 22.0 Å². The summed E-state index contributed by atoms with van der Waals surface area (Å²) in [6.45, 7) is 0.327. The van der Waals surface area contributed by atoms with Crippen molar-refractivity contribution in [3.05, 3.63) is 35.4 Å². The average Bonchev–Trinajstić information content (AvgIpc) is 2.77. The Morgan fingerprint density at radius 2 is 1.35 bits per heavy atom. The van der Waals surface area contributed by atoms with Gasteiger partial charge in [0.2, 0.25) is 0 Å². The molecule has 176 valence electrons. The second kappa shape index (κ2) is 10.1. The first-order valence-corrected chi connectivity index (χ1v) is 10.9. The molecule has 1 aromatic carbocycles. The van der Waals surface area contributed by atoms with E-state index in [1.54, 1.807) is 7.11 Å². The van der Waals surface area contributed by atoms with E-state index in [0.29, 0.717) is 18.6 Å². The highest BCUT2D eigenvalue weighted by Crippen LogP contribution is 2.45. The summed E-state index contributed by atoms with van der Waals surface area (Å²) in [5.74, 6) is -3.08. The molecule has 0 N–H and O–H groups in total. The Morgan fingerprint density at radius 3 is 1.84 bits per heavy atom. The smallest absolute Gasteiger partial charge is 0.359 e. The van der Waals surface area contributed by atoms with Crippen molar-refractivity contribution in [2.75, 3.05) is 13.9 Å². The van der Waals surface area contributed by atoms with E-state index in [1.807, 2.05) is 0 Å². The highest BCUT2D eigenvalue weighted by molar-refractivity contribution is 5.29. The van der Waals surface area contributed by atoms with Crippen LogP contribution in [0.4, 0.5) is 26.3 Å². The van der Waals surface area contributed by atoms with Gasteiger partial charge >= 0.3 is 12.1 Å². The molecule has 1 unspecified atom stereocenters. The summed E-state index contributed by atoms with van der Waals surface area (Å²) in [6.07, 6.45) is -1.24. The van der Waals surface area contributed by atoms with Crippen LogP contribution in [0.1, 0.15) is 68.4 Å². The van der Waals surface area contributed by atoms with Crippen molar-refractivity contribution in [1.82, 2.24) is 0 Å². The van der Waals surface area contributed by atoms with Crippen LogP contribution in [0.5, 0.6) is 0 Å². The summed E-state index contributed by atoms with van der Waals surface area (Å²) in [7, 11) is 1.61. The van der Waals surface area contributed by atoms with Crippen LogP contribution < -0.4 is 0 Å². The number of hydrogen-bond acceptors (Lipinski definition) is 2. The van der Waals surface area contributed by atoms with Crippen LogP contribution in [0.3, 0.4) is 0 Å². The van der Waals surface area contributed by atoms with Gasteiger partial charge in [0.25, 0.3) is 6.17 Å². The van der Waals surface area contributed by atoms with E-state index >= 15 is 0 Å². The van der Waals surface area contributed by atoms with E-state index in [0.717, 1.165) is 69.1 Å². The predicted octanol–water partition coefficient (Wildman–Crippen LogP) is 7.13. The van der Waals surface area contributed by atoms with Crippen LogP contribution in [-0.4, -0.2) is 32.4 Å². The number of methoxy groups -OCH3 is 1. The molecule has 2 nitrogen and oxygen atoms in total. The fourth-order valence-electron chi connectivity index (χ4n) is 5.14. The summed E-state index contributed by atoms with van der Waals surface area (Å²) in [4.78, 5) is 0. The van der Waals surface area contributed by atoms with Crippen LogP contribution in [0.25, 0.3) is 0 Å². The van der Waals surface area contributed by atoms with Crippen LogP contribution in [0.2, 0.25) is 0 Å². The highest BCUT2D eigenvalue weighted by Gasteiger charge is 2.57. The Balaban J connectivity index is 1.51. The van der Waals surface area contributed by atoms with Gasteiger partial charge in [-0.3, -0.25) is 0 Å². The largest absolute Gasteiger partial charge is 0.426 e. The van der Waals surface area contributed by atoms with Crippen molar-refractivity contribution in [1.29, 1.82) is 0 Å². The third-order valence-electron chi connectivity index (χ3n) is 6.95. The molecule has 2 fully saturated rings. The minimum absolute atomic E-state index is 0.198. The minimum atomic E-state index is -5.60. The summed E-state index contributed by atoms with van der Waals surface area (Å²) < 4.78 is 88.8. The maximum Gasteiger partial charge on any atom is 0.426 e. The predicted molar refractivity (Wildman–Crippen MR) is 105 cm³/mol. The fourth-order valence-corrected chi connectivity index (χ4v) is 5.14. The van der Waals surface area contributed by atoms with E-state index in [-0.39, 0.29) is 12.0 Å². The molecular weight excluding hydrogens is 422 g/mol. The molecule has 0 bridgehead atoms. The fraction of sp³-hybridized carbons (Fsp3) is 0.739. The maximum atomic E-state index is 13.9. The summed E-state index contributed by atoms with van der Waals surface area (Å²) in [5.41, 5.74) is -0.112. The first kappa shape index (κ1) is 24.4. The van der Waals surface area contributed by atoms with E-state index in [2.05, 4.69) is 0 Å². The van der Waals surface area contributed by atoms with Crippen molar-refractivity contribution in [2.24, 2.45) is 11.8 Å². The summed E-state index contributed by atoms with van der Waals surface area (Å²) >= 11 is 0. The zero-order chi connectivity index (χ0) is 22.6. The molecule has 2 saturated carbocycles. The zero-order valence-electron chi connectivity index (χ0n) is 17.6. The number of benzene rings is 1. The molecule has 1 atom stereocenters. The number of ether oxygens (including phenoxy) is 2. The molecule has 2 aliphatic rings. The van der Waals surface area contributed by atoms with Gasteiger partial charge < -0.3 is 9.47 Å². The molecule has 0 amide bonds. The Kier molecular flexibility index (Phi) is 7.95. The van der Waals surface area contributed by atoms with Crippen molar-refractivity contribution in [3.63, 3.8) is 0 Å². The van der Waals surface area contributed by atoms with Crippen molar-refractivity contribution < 1.29 is 35.8 Å². The molecule has 0 aromatic heterocycles. The lowest BCUT2D eigenvalue weighted by Gasteiger charge is -2.38. The first-order chi connectivity index (χ1) is 14.6. The quantitative estimate of drug-likeness (QED) is 0.324. The Bertz CT molecular complexity index is 674. The number of hydrogen-bond donors (Lipinski definition) is 0. The van der Waals surface area contributed by atoms with Gasteiger partial charge in [0, 0.05) is 12.7 Å². The van der Waals surface area contributed by atoms with Gasteiger partial charge in [0.15, 0.2) is 0 Å². The zero-order valence-corrected chi connectivity index (χ0v) is 17.6. The number of alkyl halides is 6. The Labute approximate surface area is 179 Å². The third-order valence-corrected chi connectivity index (χ3v) is 6.95. The highest BCUT2D eigenvalue weighted by atomic mass is 19.4. The van der Waals surface area contributed by atoms with E-state index < -0.39 is 23.8 Å². The van der Waals surface area contributed by atoms with E-state index in [4.69, 9.17) is 9.47 Å². The molecule has 3 rings (SSSR count). The van der Waals surface area contributed by atoms with Crippen molar-refractivity contribution >= 4 is 0 Å². The molecule has 0 heterocycles. The second-order valence-electron chi connectivity index (χ2n) is 8.87. The number of halogens is 6. The standard InChI is InChI=1S/C23H30F6O2/c1-30-14-31-20-12-8-18(9-13-20)16-4-2-15(3-5-16)17-6-10-19(11-7-17)22(25,26)21(24)23(27,28)29/h6-7,10-11,15-16,18,20-21H,2-5,8-9,12-14H2,1H3. The molecule has 2 aliphatic carbocycles. The lowest BCUT2D eigenvalue weighted by atomic mass is 9.69. The van der Waals surface area contributed by atoms with Crippen LogP contribution >= 0.6 is 0 Å². The molecule has 8 heteroatoms. The molecule has 0 saturated heterocycles. The van der Waals surface area contributed by atoms with Crippen LogP contribution in [0.15, 0.2) is 24.3 Å². The van der Waals surface area contributed by atoms with Crippen LogP contribution in [0, 0.1) is 11.8 Å². The topological polar surface area (TPSA) is 18.5 Å². The molecule has 1 aromatic rings. The molecule has 0 radical (unpaired) electrons. The van der Waals surface area contributed by atoms with Gasteiger partial charge in [-0.05, 0) is 74.7 Å². The van der Waals surface area contributed by atoms with Crippen molar-refractivity contribution in [2.45, 2.75) is 81.7 Å². The average molecular weight is 452 g/mol. The molecular formula is C23H30F6O2. The van der Waals surface area contributed by atoms with Gasteiger partial charge in [0.1, 0.15) is 6.79 Å². The summed E-state index contributed by atoms with van der Waals surface area (Å²) in [6, 6.07) is 4.72. The monoisotopic (exact) mass is 452 g/mol. The Morgan fingerprint density at radius 1 is 0.839 bits per heavy atom. The van der Waals surface area contributed by atoms with Gasteiger partial charge in [-0.25, -0.2) is 4.39 Å². The lowest BCUT2D eigenvalue weighted by Crippen LogP contribution is -2.39. The number of rotatable bonds is 7. The van der Waals surface area contributed by atoms with E-state index in [1.165, 1.54) is 12.1 Å². The lowest BCUT2D eigenvalue weighted by molar-refractivity contribution is -0.248. The SMILES string of the molecule is COCOC1CCC(C2CCC(c3ccc(C(F)(F)C(F)C(F)(F)F)cc3)CC2)CC1. The maximum absolute atomic E-state index is 13.9. The van der Waals surface area contributed by atoms with Gasteiger partial charge in [0.05, 0.1) is 6.10 Å². The summed E-state index contributed by atoms with van der Waals surface area (Å²) in [5, 5.41) is 0. The molecule has 0 aliphatic heterocycles. The Hall–Kier alpha value is -1.28. The molecule has 31 heavy (non-hydrogen) atoms. The van der Waals surface area contributed by atoms with Gasteiger partial charge in [-0.15, -0.1) is 0 Å². The van der Waals surface area contributed by atoms with Gasteiger partial charge in [-0.1, -0.05) is 24.3 Å². The van der Waals surface area contributed by atoms with Crippen molar-refractivity contribution in [3.8, 4) is 0 Å². The van der Waals surface area contributed by atoms with E-state index in [9.17, 15) is 26.3 Å². The van der Waals surface area contributed by atoms with Crippen LogP contribution in [-0.2, 0) is 15.4 Å². The molecule has 0 spiro atoms.